The second-order valence-electron chi connectivity index (χ2n) is 4.72. The molecule has 6 nitrogen and oxygen atoms in total. The molecule has 1 atom stereocenters. The van der Waals surface area contributed by atoms with Crippen LogP contribution in [0.4, 0.5) is 10.1 Å². The molecule has 0 saturated carbocycles. The number of carbonyl (C=O) groups is 3. The molecule has 1 aliphatic heterocycles. The van der Waals surface area contributed by atoms with Crippen molar-refractivity contribution >= 4 is 35.2 Å². The smallest absolute Gasteiger partial charge is 0.335 e. The molecule has 0 spiro atoms. The van der Waals surface area contributed by atoms with Gasteiger partial charge in [-0.3, -0.25) is 9.59 Å². The number of amides is 2. The molecular formula is C14H15FN2O4S. The number of carboxylic acid groups (broad SMARTS) is 1. The number of nitrogens with one attached hydrogen (secondary N) is 1. The van der Waals surface area contributed by atoms with E-state index in [4.69, 9.17) is 5.11 Å². The van der Waals surface area contributed by atoms with Crippen molar-refractivity contribution in [3.63, 3.8) is 0 Å². The lowest BCUT2D eigenvalue weighted by atomic mass is 10.2. The van der Waals surface area contributed by atoms with Crippen LogP contribution >= 0.6 is 11.8 Å². The van der Waals surface area contributed by atoms with Crippen molar-refractivity contribution in [1.82, 2.24) is 4.90 Å². The van der Waals surface area contributed by atoms with E-state index in [0.29, 0.717) is 18.1 Å². The summed E-state index contributed by atoms with van der Waals surface area (Å²) in [5.74, 6) is -1.80. The number of carboxylic acids is 1. The van der Waals surface area contributed by atoms with Crippen molar-refractivity contribution in [3.8, 4) is 0 Å². The SMILES string of the molecule is CCC(=O)N1CSCC1C(=O)Nc1ccc(C(=O)O)cc1F. The maximum Gasteiger partial charge on any atom is 0.335 e. The first-order valence-electron chi connectivity index (χ1n) is 6.65. The number of aromatic carboxylic acids is 1. The highest BCUT2D eigenvalue weighted by molar-refractivity contribution is 7.99. The number of halogens is 1. The Bertz CT molecular complexity index is 623. The fraction of sp³-hybridized carbons (Fsp3) is 0.357. The van der Waals surface area contributed by atoms with E-state index >= 15 is 0 Å². The molecule has 0 aliphatic carbocycles. The molecule has 0 bridgehead atoms. The van der Waals surface area contributed by atoms with Crippen LogP contribution in [0.3, 0.4) is 0 Å². The van der Waals surface area contributed by atoms with Gasteiger partial charge in [-0.05, 0) is 18.2 Å². The highest BCUT2D eigenvalue weighted by atomic mass is 32.2. The van der Waals surface area contributed by atoms with Crippen LogP contribution in [-0.2, 0) is 9.59 Å². The van der Waals surface area contributed by atoms with Crippen molar-refractivity contribution in [2.24, 2.45) is 0 Å². The van der Waals surface area contributed by atoms with Crippen molar-refractivity contribution in [2.75, 3.05) is 16.9 Å². The molecule has 2 rings (SSSR count). The largest absolute Gasteiger partial charge is 0.478 e. The lowest BCUT2D eigenvalue weighted by Crippen LogP contribution is -2.44. The van der Waals surface area contributed by atoms with Crippen molar-refractivity contribution in [3.05, 3.63) is 29.6 Å². The van der Waals surface area contributed by atoms with E-state index in [0.717, 1.165) is 6.07 Å². The first-order chi connectivity index (χ1) is 10.4. The second kappa shape index (κ2) is 6.78. The van der Waals surface area contributed by atoms with E-state index < -0.39 is 23.7 Å². The quantitative estimate of drug-likeness (QED) is 0.881. The number of rotatable bonds is 4. The number of nitrogens with zero attached hydrogens (tertiary/aromatic N) is 1. The van der Waals surface area contributed by atoms with E-state index in [1.165, 1.54) is 28.8 Å². The Morgan fingerprint density at radius 2 is 2.18 bits per heavy atom. The zero-order valence-electron chi connectivity index (χ0n) is 11.8. The van der Waals surface area contributed by atoms with Gasteiger partial charge in [0.15, 0.2) is 0 Å². The fourth-order valence-corrected chi connectivity index (χ4v) is 3.25. The summed E-state index contributed by atoms with van der Waals surface area (Å²) in [4.78, 5) is 36.2. The molecule has 1 aromatic rings. The first-order valence-corrected chi connectivity index (χ1v) is 7.80. The Labute approximate surface area is 130 Å². The molecule has 8 heteroatoms. The predicted molar refractivity (Wildman–Crippen MR) is 80.2 cm³/mol. The van der Waals surface area contributed by atoms with Gasteiger partial charge in [-0.1, -0.05) is 6.92 Å². The maximum absolute atomic E-state index is 13.8. The third-order valence-corrected chi connectivity index (χ3v) is 4.29. The van der Waals surface area contributed by atoms with Gasteiger partial charge < -0.3 is 15.3 Å². The van der Waals surface area contributed by atoms with Gasteiger partial charge in [-0.15, -0.1) is 11.8 Å². The van der Waals surface area contributed by atoms with Crippen LogP contribution < -0.4 is 5.32 Å². The van der Waals surface area contributed by atoms with Crippen molar-refractivity contribution in [2.45, 2.75) is 19.4 Å². The molecule has 1 aromatic carbocycles. The molecule has 1 heterocycles. The van der Waals surface area contributed by atoms with E-state index in [1.54, 1.807) is 6.92 Å². The Hall–Kier alpha value is -2.09. The maximum atomic E-state index is 13.8. The van der Waals surface area contributed by atoms with E-state index in [1.807, 2.05) is 0 Å². The van der Waals surface area contributed by atoms with Crippen LogP contribution in [-0.4, -0.2) is 45.5 Å². The molecule has 1 saturated heterocycles. The molecule has 1 aliphatic rings. The summed E-state index contributed by atoms with van der Waals surface area (Å²) < 4.78 is 13.8. The van der Waals surface area contributed by atoms with Gasteiger partial charge in [-0.2, -0.15) is 0 Å². The Morgan fingerprint density at radius 1 is 1.45 bits per heavy atom. The van der Waals surface area contributed by atoms with Gasteiger partial charge in [0.05, 0.1) is 17.1 Å². The van der Waals surface area contributed by atoms with Crippen LogP contribution in [0.25, 0.3) is 0 Å². The molecule has 2 N–H and O–H groups in total. The van der Waals surface area contributed by atoms with Crippen LogP contribution in [0.1, 0.15) is 23.7 Å². The molecule has 22 heavy (non-hydrogen) atoms. The van der Waals surface area contributed by atoms with Gasteiger partial charge in [0.1, 0.15) is 11.9 Å². The van der Waals surface area contributed by atoms with Crippen molar-refractivity contribution in [1.29, 1.82) is 0 Å². The molecular weight excluding hydrogens is 311 g/mol. The summed E-state index contributed by atoms with van der Waals surface area (Å²) in [5, 5.41) is 11.2. The van der Waals surface area contributed by atoms with Gasteiger partial charge in [0, 0.05) is 12.2 Å². The third kappa shape index (κ3) is 3.38. The monoisotopic (exact) mass is 326 g/mol. The Morgan fingerprint density at radius 3 is 2.77 bits per heavy atom. The molecule has 1 fully saturated rings. The van der Waals surface area contributed by atoms with Crippen LogP contribution in [0.2, 0.25) is 0 Å². The zero-order chi connectivity index (χ0) is 16.3. The minimum absolute atomic E-state index is 0.101. The lowest BCUT2D eigenvalue weighted by molar-refractivity contribution is -0.135. The Balaban J connectivity index is 2.12. The average Bonchev–Trinajstić information content (AvgIpc) is 2.97. The summed E-state index contributed by atoms with van der Waals surface area (Å²) in [6.45, 7) is 1.71. The number of hydrogen-bond donors (Lipinski definition) is 2. The minimum Gasteiger partial charge on any atom is -0.478 e. The molecule has 1 unspecified atom stereocenters. The van der Waals surface area contributed by atoms with Gasteiger partial charge in [0.25, 0.3) is 0 Å². The normalized spacial score (nSPS) is 17.4. The number of benzene rings is 1. The predicted octanol–water partition coefficient (Wildman–Crippen LogP) is 1.77. The highest BCUT2D eigenvalue weighted by Crippen LogP contribution is 2.24. The summed E-state index contributed by atoms with van der Waals surface area (Å²) in [7, 11) is 0. The summed E-state index contributed by atoms with van der Waals surface area (Å²) in [5.41, 5.74) is -0.300. The minimum atomic E-state index is -1.25. The summed E-state index contributed by atoms with van der Waals surface area (Å²) >= 11 is 1.46. The van der Waals surface area contributed by atoms with E-state index in [9.17, 15) is 18.8 Å². The summed E-state index contributed by atoms with van der Waals surface area (Å²) in [6.07, 6.45) is 0.298. The number of hydrogen-bond acceptors (Lipinski definition) is 4. The zero-order valence-corrected chi connectivity index (χ0v) is 12.7. The molecule has 118 valence electrons. The second-order valence-corrected chi connectivity index (χ2v) is 5.72. The highest BCUT2D eigenvalue weighted by Gasteiger charge is 2.34. The standard InChI is InChI=1S/C14H15FN2O4S/c1-2-12(18)17-7-22-6-11(17)13(19)16-10-4-3-8(14(20)21)5-9(10)15/h3-5,11H,2,6-7H2,1H3,(H,16,19)(H,20,21). The van der Waals surface area contributed by atoms with Crippen LogP contribution in [0.5, 0.6) is 0 Å². The van der Waals surface area contributed by atoms with E-state index in [-0.39, 0.29) is 17.2 Å². The van der Waals surface area contributed by atoms with Crippen LogP contribution in [0.15, 0.2) is 18.2 Å². The van der Waals surface area contributed by atoms with Gasteiger partial charge >= 0.3 is 5.97 Å². The van der Waals surface area contributed by atoms with E-state index in [2.05, 4.69) is 5.32 Å². The van der Waals surface area contributed by atoms with Crippen molar-refractivity contribution < 1.29 is 23.9 Å². The van der Waals surface area contributed by atoms with Gasteiger partial charge in [-0.25, -0.2) is 9.18 Å². The fourth-order valence-electron chi connectivity index (χ4n) is 2.07. The van der Waals surface area contributed by atoms with Crippen LogP contribution in [0, 0.1) is 5.82 Å². The first kappa shape index (κ1) is 16.3. The average molecular weight is 326 g/mol. The topological polar surface area (TPSA) is 86.7 Å². The molecule has 0 aromatic heterocycles. The Kier molecular flexibility index (Phi) is 5.02. The number of carbonyl (C=O) groups excluding carboxylic acids is 2. The van der Waals surface area contributed by atoms with Gasteiger partial charge in [0.2, 0.25) is 11.8 Å². The number of thioether (sulfide) groups is 1. The molecule has 0 radical (unpaired) electrons. The third-order valence-electron chi connectivity index (χ3n) is 3.28. The molecule has 2 amide bonds. The number of anilines is 1. The summed E-state index contributed by atoms with van der Waals surface area (Å²) in [6, 6.07) is 2.61. The lowest BCUT2D eigenvalue weighted by Gasteiger charge is -2.22.